The van der Waals surface area contributed by atoms with E-state index in [-0.39, 0.29) is 5.91 Å². The number of amides is 2. The summed E-state index contributed by atoms with van der Waals surface area (Å²) in [5.74, 6) is -0.876. The van der Waals surface area contributed by atoms with Crippen LogP contribution >= 0.6 is 0 Å². The molecule has 2 rings (SSSR count). The van der Waals surface area contributed by atoms with Gasteiger partial charge >= 0.3 is 0 Å². The van der Waals surface area contributed by atoms with Crippen LogP contribution in [0.15, 0.2) is 72.8 Å². The molecule has 4 nitrogen and oxygen atoms in total. The van der Waals surface area contributed by atoms with Crippen LogP contribution in [0.2, 0.25) is 0 Å². The summed E-state index contributed by atoms with van der Waals surface area (Å²) in [6.45, 7) is 0.940. The van der Waals surface area contributed by atoms with Crippen LogP contribution in [0.3, 0.4) is 0 Å². The number of hydrogen-bond acceptors (Lipinski definition) is 2. The van der Waals surface area contributed by atoms with Crippen LogP contribution in [0.5, 0.6) is 0 Å². The lowest BCUT2D eigenvalue weighted by Crippen LogP contribution is -2.28. The van der Waals surface area contributed by atoms with E-state index in [4.69, 9.17) is 5.73 Å². The molecule has 0 bridgehead atoms. The van der Waals surface area contributed by atoms with Crippen molar-refractivity contribution in [1.29, 1.82) is 0 Å². The van der Waals surface area contributed by atoms with Crippen LogP contribution in [-0.2, 0) is 22.7 Å². The van der Waals surface area contributed by atoms with Crippen molar-refractivity contribution in [2.45, 2.75) is 13.1 Å². The molecule has 2 aromatic carbocycles. The van der Waals surface area contributed by atoms with Gasteiger partial charge in [-0.1, -0.05) is 60.7 Å². The minimum absolute atomic E-state index is 0.244. The Labute approximate surface area is 129 Å². The van der Waals surface area contributed by atoms with E-state index in [9.17, 15) is 9.59 Å². The molecule has 0 radical (unpaired) electrons. The number of carbonyl (C=O) groups is 2. The third-order valence-electron chi connectivity index (χ3n) is 3.13. The van der Waals surface area contributed by atoms with Crippen LogP contribution in [0, 0.1) is 0 Å². The molecule has 2 aromatic rings. The summed E-state index contributed by atoms with van der Waals surface area (Å²) in [5.41, 5.74) is 7.10. The van der Waals surface area contributed by atoms with Crippen LogP contribution in [0.4, 0.5) is 0 Å². The molecule has 2 amide bonds. The van der Waals surface area contributed by atoms with Gasteiger partial charge in [-0.05, 0) is 11.1 Å². The Bertz CT molecular complexity index is 610. The van der Waals surface area contributed by atoms with Gasteiger partial charge in [0.25, 0.3) is 0 Å². The smallest absolute Gasteiger partial charge is 0.247 e. The second-order valence-electron chi connectivity index (χ2n) is 4.90. The third-order valence-corrected chi connectivity index (χ3v) is 3.13. The molecule has 112 valence electrons. The molecule has 0 saturated heterocycles. The average Bonchev–Trinajstić information content (AvgIpc) is 2.54. The van der Waals surface area contributed by atoms with E-state index in [2.05, 4.69) is 0 Å². The summed E-state index contributed by atoms with van der Waals surface area (Å²) in [7, 11) is 0. The fraction of sp³-hybridized carbons (Fsp3) is 0.111. The molecule has 22 heavy (non-hydrogen) atoms. The first-order valence-corrected chi connectivity index (χ1v) is 6.99. The topological polar surface area (TPSA) is 63.4 Å². The summed E-state index contributed by atoms with van der Waals surface area (Å²) in [5, 5.41) is 0. The first kappa shape index (κ1) is 15.5. The average molecular weight is 294 g/mol. The SMILES string of the molecule is NC(=O)C=CC(=O)N(Cc1ccccc1)Cc1ccccc1. The van der Waals surface area contributed by atoms with Crippen LogP contribution in [-0.4, -0.2) is 16.7 Å². The minimum atomic E-state index is -0.632. The lowest BCUT2D eigenvalue weighted by atomic mass is 10.1. The highest BCUT2D eigenvalue weighted by atomic mass is 16.2. The van der Waals surface area contributed by atoms with Crippen molar-refractivity contribution < 1.29 is 9.59 Å². The van der Waals surface area contributed by atoms with Crippen molar-refractivity contribution in [3.8, 4) is 0 Å². The number of nitrogens with zero attached hydrogens (tertiary/aromatic N) is 1. The van der Waals surface area contributed by atoms with Crippen molar-refractivity contribution in [3.05, 3.63) is 83.9 Å². The second kappa shape index (κ2) is 7.78. The highest BCUT2D eigenvalue weighted by Gasteiger charge is 2.12. The van der Waals surface area contributed by atoms with Crippen LogP contribution in [0.1, 0.15) is 11.1 Å². The molecule has 4 heteroatoms. The second-order valence-corrected chi connectivity index (χ2v) is 4.90. The molecule has 0 unspecified atom stereocenters. The van der Waals surface area contributed by atoms with Crippen molar-refractivity contribution in [2.24, 2.45) is 5.73 Å². The summed E-state index contributed by atoms with van der Waals surface area (Å²) in [6.07, 6.45) is 2.31. The van der Waals surface area contributed by atoms with E-state index < -0.39 is 5.91 Å². The van der Waals surface area contributed by atoms with Gasteiger partial charge in [-0.25, -0.2) is 0 Å². The van der Waals surface area contributed by atoms with Crippen molar-refractivity contribution >= 4 is 11.8 Å². The third kappa shape index (κ3) is 4.90. The number of benzene rings is 2. The van der Waals surface area contributed by atoms with E-state index in [1.54, 1.807) is 4.90 Å². The molecule has 0 fully saturated rings. The molecule has 0 aliphatic rings. The zero-order valence-corrected chi connectivity index (χ0v) is 12.2. The predicted molar refractivity (Wildman–Crippen MR) is 85.5 cm³/mol. The summed E-state index contributed by atoms with van der Waals surface area (Å²) >= 11 is 0. The number of nitrogens with two attached hydrogens (primary N) is 1. The summed E-state index contributed by atoms with van der Waals surface area (Å²) in [6, 6.07) is 19.4. The molecular formula is C18H18N2O2. The Balaban J connectivity index is 2.16. The highest BCUT2D eigenvalue weighted by Crippen LogP contribution is 2.10. The zero-order chi connectivity index (χ0) is 15.8. The molecular weight excluding hydrogens is 276 g/mol. The Kier molecular flexibility index (Phi) is 5.49. The van der Waals surface area contributed by atoms with Gasteiger partial charge in [0.2, 0.25) is 11.8 Å². The predicted octanol–water partition coefficient (Wildman–Crippen LogP) is 2.26. The van der Waals surface area contributed by atoms with E-state index >= 15 is 0 Å². The summed E-state index contributed by atoms with van der Waals surface area (Å²) in [4.78, 5) is 24.8. The van der Waals surface area contributed by atoms with Gasteiger partial charge in [-0.2, -0.15) is 0 Å². The molecule has 0 spiro atoms. The molecule has 0 atom stereocenters. The van der Waals surface area contributed by atoms with E-state index in [1.165, 1.54) is 6.08 Å². The highest BCUT2D eigenvalue weighted by molar-refractivity contribution is 5.95. The standard InChI is InChI=1S/C18H18N2O2/c19-17(21)11-12-18(22)20(13-15-7-3-1-4-8-15)14-16-9-5-2-6-10-16/h1-12H,13-14H2,(H2,19,21). The largest absolute Gasteiger partial charge is 0.366 e. The molecule has 0 heterocycles. The van der Waals surface area contributed by atoms with Crippen molar-refractivity contribution in [2.75, 3.05) is 0 Å². The number of primary amides is 1. The maximum absolute atomic E-state index is 12.3. The Hall–Kier alpha value is -2.88. The fourth-order valence-corrected chi connectivity index (χ4v) is 2.08. The van der Waals surface area contributed by atoms with Gasteiger partial charge in [0.1, 0.15) is 0 Å². The fourth-order valence-electron chi connectivity index (χ4n) is 2.08. The molecule has 0 saturated carbocycles. The van der Waals surface area contributed by atoms with Crippen LogP contribution < -0.4 is 5.73 Å². The molecule has 0 aliphatic carbocycles. The monoisotopic (exact) mass is 294 g/mol. The van der Waals surface area contributed by atoms with Gasteiger partial charge < -0.3 is 10.6 Å². The number of hydrogen-bond donors (Lipinski definition) is 1. The van der Waals surface area contributed by atoms with Gasteiger partial charge in [0.05, 0.1) is 0 Å². The summed E-state index contributed by atoms with van der Waals surface area (Å²) < 4.78 is 0. The van der Waals surface area contributed by atoms with E-state index in [0.29, 0.717) is 13.1 Å². The Morgan fingerprint density at radius 1 is 0.818 bits per heavy atom. The van der Waals surface area contributed by atoms with Crippen molar-refractivity contribution in [3.63, 3.8) is 0 Å². The quantitative estimate of drug-likeness (QED) is 0.831. The minimum Gasteiger partial charge on any atom is -0.366 e. The van der Waals surface area contributed by atoms with E-state index in [1.807, 2.05) is 60.7 Å². The van der Waals surface area contributed by atoms with E-state index in [0.717, 1.165) is 17.2 Å². The number of rotatable bonds is 6. The Morgan fingerprint density at radius 2 is 1.27 bits per heavy atom. The van der Waals surface area contributed by atoms with Gasteiger partial charge in [0.15, 0.2) is 0 Å². The van der Waals surface area contributed by atoms with Crippen LogP contribution in [0.25, 0.3) is 0 Å². The van der Waals surface area contributed by atoms with Gasteiger partial charge in [-0.15, -0.1) is 0 Å². The lowest BCUT2D eigenvalue weighted by molar-refractivity contribution is -0.127. The molecule has 2 N–H and O–H groups in total. The lowest BCUT2D eigenvalue weighted by Gasteiger charge is -2.21. The Morgan fingerprint density at radius 3 is 1.68 bits per heavy atom. The van der Waals surface area contributed by atoms with Gasteiger partial charge in [0, 0.05) is 25.2 Å². The molecule has 0 aliphatic heterocycles. The van der Waals surface area contributed by atoms with Gasteiger partial charge in [-0.3, -0.25) is 9.59 Å². The van der Waals surface area contributed by atoms with Crippen molar-refractivity contribution in [1.82, 2.24) is 4.90 Å². The first-order chi connectivity index (χ1) is 10.6. The maximum Gasteiger partial charge on any atom is 0.247 e. The molecule has 0 aromatic heterocycles. The normalized spacial score (nSPS) is 10.5. The zero-order valence-electron chi connectivity index (χ0n) is 12.2. The first-order valence-electron chi connectivity index (χ1n) is 6.99. The number of carbonyl (C=O) groups excluding carboxylic acids is 2. The maximum atomic E-state index is 12.3.